The Morgan fingerprint density at radius 1 is 0.688 bits per heavy atom. The van der Waals surface area contributed by atoms with Crippen molar-refractivity contribution in [2.24, 2.45) is 0 Å². The third-order valence-electron chi connectivity index (χ3n) is 3.00. The maximum absolute atomic E-state index is 3.77. The molecule has 0 saturated heterocycles. The van der Waals surface area contributed by atoms with Gasteiger partial charge in [-0.2, -0.15) is 0 Å². The molecule has 0 aromatic carbocycles. The minimum absolute atomic E-state index is 0.222. The first-order chi connectivity index (χ1) is 7.17. The fraction of sp³-hybridized carbons (Fsp3) is 1.00. The predicted octanol–water partition coefficient (Wildman–Crippen LogP) is 3.07. The van der Waals surface area contributed by atoms with E-state index in [0.29, 0.717) is 12.1 Å². The predicted molar refractivity (Wildman–Crippen MR) is 71.8 cm³/mol. The van der Waals surface area contributed by atoms with E-state index in [-0.39, 0.29) is 11.1 Å². The molecule has 1 rings (SSSR count). The van der Waals surface area contributed by atoms with Crippen molar-refractivity contribution in [2.45, 2.75) is 90.4 Å². The molecular formula is C14H30N2. The van der Waals surface area contributed by atoms with Gasteiger partial charge < -0.3 is 10.6 Å². The summed E-state index contributed by atoms with van der Waals surface area (Å²) in [6, 6.07) is 1.26. The van der Waals surface area contributed by atoms with Gasteiger partial charge in [-0.25, -0.2) is 0 Å². The molecule has 2 atom stereocenters. The molecule has 0 aromatic heterocycles. The van der Waals surface area contributed by atoms with Crippen molar-refractivity contribution in [3.8, 4) is 0 Å². The van der Waals surface area contributed by atoms with Gasteiger partial charge in [0.25, 0.3) is 0 Å². The summed E-state index contributed by atoms with van der Waals surface area (Å²) in [7, 11) is 0. The molecule has 2 nitrogen and oxygen atoms in total. The van der Waals surface area contributed by atoms with Crippen LogP contribution in [0.15, 0.2) is 0 Å². The smallest absolute Gasteiger partial charge is 0.0226 e. The minimum atomic E-state index is 0.222. The monoisotopic (exact) mass is 226 g/mol. The normalized spacial score (nSPS) is 28.1. The van der Waals surface area contributed by atoms with Gasteiger partial charge in [-0.3, -0.25) is 0 Å². The molecule has 0 heterocycles. The Bertz CT molecular complexity index is 186. The highest BCUT2D eigenvalue weighted by Crippen LogP contribution is 2.22. The van der Waals surface area contributed by atoms with Crippen molar-refractivity contribution in [2.75, 3.05) is 0 Å². The van der Waals surface area contributed by atoms with Crippen LogP contribution in [0.3, 0.4) is 0 Å². The summed E-state index contributed by atoms with van der Waals surface area (Å²) in [5, 5.41) is 7.54. The first kappa shape index (κ1) is 14.0. The van der Waals surface area contributed by atoms with Gasteiger partial charge in [0.1, 0.15) is 0 Å². The summed E-state index contributed by atoms with van der Waals surface area (Å²) in [4.78, 5) is 0. The van der Waals surface area contributed by atoms with Crippen LogP contribution in [0.2, 0.25) is 0 Å². The SMILES string of the molecule is CC(C)(C)N[C@@H]1CCCC[C@H]1NC(C)(C)C. The lowest BCUT2D eigenvalue weighted by Gasteiger charge is -2.41. The molecular weight excluding hydrogens is 196 g/mol. The van der Waals surface area contributed by atoms with Crippen LogP contribution in [-0.2, 0) is 0 Å². The second-order valence-corrected chi connectivity index (χ2v) is 7.29. The third kappa shape index (κ3) is 5.31. The summed E-state index contributed by atoms with van der Waals surface area (Å²) in [6.45, 7) is 13.6. The molecule has 0 amide bonds. The van der Waals surface area contributed by atoms with E-state index in [1.807, 2.05) is 0 Å². The summed E-state index contributed by atoms with van der Waals surface area (Å²) in [5.41, 5.74) is 0.444. The highest BCUT2D eigenvalue weighted by atomic mass is 15.1. The van der Waals surface area contributed by atoms with Gasteiger partial charge in [0.05, 0.1) is 0 Å². The third-order valence-corrected chi connectivity index (χ3v) is 3.00. The minimum Gasteiger partial charge on any atom is -0.308 e. The standard InChI is InChI=1S/C14H30N2/c1-13(2,3)15-11-9-7-8-10-12(11)16-14(4,5)6/h11-12,15-16H,7-10H2,1-6H3/t11-,12-/m1/s1. The first-order valence-electron chi connectivity index (χ1n) is 6.73. The Labute approximate surface area is 102 Å². The molecule has 0 radical (unpaired) electrons. The molecule has 2 heteroatoms. The largest absolute Gasteiger partial charge is 0.308 e. The van der Waals surface area contributed by atoms with Crippen molar-refractivity contribution in [1.82, 2.24) is 10.6 Å². The number of rotatable bonds is 2. The molecule has 0 unspecified atom stereocenters. The van der Waals surface area contributed by atoms with E-state index < -0.39 is 0 Å². The highest BCUT2D eigenvalue weighted by molar-refractivity contribution is 4.92. The van der Waals surface area contributed by atoms with E-state index in [4.69, 9.17) is 0 Å². The molecule has 1 saturated carbocycles. The summed E-state index contributed by atoms with van der Waals surface area (Å²) in [5.74, 6) is 0. The van der Waals surface area contributed by atoms with Crippen LogP contribution in [0.5, 0.6) is 0 Å². The van der Waals surface area contributed by atoms with Crippen LogP contribution in [-0.4, -0.2) is 23.2 Å². The number of hydrogen-bond acceptors (Lipinski definition) is 2. The van der Waals surface area contributed by atoms with E-state index in [2.05, 4.69) is 52.2 Å². The van der Waals surface area contributed by atoms with Crippen molar-refractivity contribution >= 4 is 0 Å². The fourth-order valence-electron chi connectivity index (χ4n) is 2.59. The number of hydrogen-bond donors (Lipinski definition) is 2. The molecule has 16 heavy (non-hydrogen) atoms. The Hall–Kier alpha value is -0.0800. The zero-order valence-corrected chi connectivity index (χ0v) is 12.0. The van der Waals surface area contributed by atoms with E-state index >= 15 is 0 Å². The van der Waals surface area contributed by atoms with Gasteiger partial charge in [0.15, 0.2) is 0 Å². The van der Waals surface area contributed by atoms with Crippen molar-refractivity contribution < 1.29 is 0 Å². The molecule has 1 aliphatic rings. The topological polar surface area (TPSA) is 24.1 Å². The summed E-state index contributed by atoms with van der Waals surface area (Å²) in [6.07, 6.45) is 5.36. The molecule has 0 spiro atoms. The van der Waals surface area contributed by atoms with Crippen LogP contribution in [0.4, 0.5) is 0 Å². The second kappa shape index (κ2) is 5.05. The Kier molecular flexibility index (Phi) is 4.42. The van der Waals surface area contributed by atoms with Crippen molar-refractivity contribution in [1.29, 1.82) is 0 Å². The van der Waals surface area contributed by atoms with Gasteiger partial charge in [0.2, 0.25) is 0 Å². The first-order valence-corrected chi connectivity index (χ1v) is 6.73. The van der Waals surface area contributed by atoms with Gasteiger partial charge in [-0.05, 0) is 54.4 Å². The lowest BCUT2D eigenvalue weighted by atomic mass is 9.87. The van der Waals surface area contributed by atoms with Crippen LogP contribution in [0.25, 0.3) is 0 Å². The molecule has 0 aliphatic heterocycles. The Morgan fingerprint density at radius 2 is 1.00 bits per heavy atom. The van der Waals surface area contributed by atoms with Crippen LogP contribution < -0.4 is 10.6 Å². The number of nitrogens with one attached hydrogen (secondary N) is 2. The molecule has 1 fully saturated rings. The Balaban J connectivity index is 2.57. The maximum Gasteiger partial charge on any atom is 0.0226 e. The van der Waals surface area contributed by atoms with Crippen LogP contribution in [0, 0.1) is 0 Å². The quantitative estimate of drug-likeness (QED) is 0.756. The second-order valence-electron chi connectivity index (χ2n) is 7.29. The van der Waals surface area contributed by atoms with Crippen LogP contribution in [0.1, 0.15) is 67.2 Å². The lowest BCUT2D eigenvalue weighted by molar-refractivity contribution is 0.207. The fourth-order valence-corrected chi connectivity index (χ4v) is 2.59. The van der Waals surface area contributed by atoms with Gasteiger partial charge in [0, 0.05) is 23.2 Å². The summed E-state index contributed by atoms with van der Waals surface area (Å²) >= 11 is 0. The van der Waals surface area contributed by atoms with E-state index in [1.54, 1.807) is 0 Å². The molecule has 2 N–H and O–H groups in total. The molecule has 96 valence electrons. The van der Waals surface area contributed by atoms with Gasteiger partial charge >= 0.3 is 0 Å². The zero-order chi connectivity index (χ0) is 12.4. The van der Waals surface area contributed by atoms with E-state index in [0.717, 1.165) is 0 Å². The Morgan fingerprint density at radius 3 is 1.25 bits per heavy atom. The maximum atomic E-state index is 3.77. The van der Waals surface area contributed by atoms with E-state index in [9.17, 15) is 0 Å². The summed E-state index contributed by atoms with van der Waals surface area (Å²) < 4.78 is 0. The highest BCUT2D eigenvalue weighted by Gasteiger charge is 2.30. The van der Waals surface area contributed by atoms with Crippen molar-refractivity contribution in [3.63, 3.8) is 0 Å². The average Bonchev–Trinajstić information content (AvgIpc) is 2.03. The lowest BCUT2D eigenvalue weighted by Crippen LogP contribution is -2.58. The van der Waals surface area contributed by atoms with Gasteiger partial charge in [-0.1, -0.05) is 12.8 Å². The van der Waals surface area contributed by atoms with Gasteiger partial charge in [-0.15, -0.1) is 0 Å². The molecule has 0 aromatic rings. The molecule has 0 bridgehead atoms. The average molecular weight is 226 g/mol. The van der Waals surface area contributed by atoms with Crippen LogP contribution >= 0.6 is 0 Å². The van der Waals surface area contributed by atoms with Crippen molar-refractivity contribution in [3.05, 3.63) is 0 Å². The van der Waals surface area contributed by atoms with E-state index in [1.165, 1.54) is 25.7 Å². The zero-order valence-electron chi connectivity index (χ0n) is 12.0. The molecule has 1 aliphatic carbocycles.